The maximum atomic E-state index is 12.2. The molecule has 2 atom stereocenters. The van der Waals surface area contributed by atoms with E-state index in [-0.39, 0.29) is 17.4 Å². The minimum Gasteiger partial charge on any atom is -0.380 e. The summed E-state index contributed by atoms with van der Waals surface area (Å²) in [4.78, 5) is 12.2. The fourth-order valence-corrected chi connectivity index (χ4v) is 2.25. The van der Waals surface area contributed by atoms with E-state index >= 15 is 0 Å². The number of rotatable bonds is 6. The zero-order valence-electron chi connectivity index (χ0n) is 10.6. The monoisotopic (exact) mass is 228 g/mol. The first-order valence-electron chi connectivity index (χ1n) is 6.16. The first-order valence-corrected chi connectivity index (χ1v) is 6.16. The number of amides is 1. The van der Waals surface area contributed by atoms with Crippen LogP contribution in [0.5, 0.6) is 0 Å². The standard InChI is InChI=1S/C12H24N2O2/c1-4-5-12(6-7-13-9-12)11(15)14-8-10(2)16-3/h10,13H,4-9H2,1-3H3,(H,14,15). The molecule has 1 aliphatic rings. The van der Waals surface area contributed by atoms with E-state index in [9.17, 15) is 4.79 Å². The Hall–Kier alpha value is -0.610. The van der Waals surface area contributed by atoms with Crippen molar-refractivity contribution < 1.29 is 9.53 Å². The number of carbonyl (C=O) groups excluding carboxylic acids is 1. The number of hydrogen-bond donors (Lipinski definition) is 2. The van der Waals surface area contributed by atoms with Gasteiger partial charge in [-0.2, -0.15) is 0 Å². The van der Waals surface area contributed by atoms with Crippen LogP contribution in [-0.4, -0.2) is 38.8 Å². The highest BCUT2D eigenvalue weighted by molar-refractivity contribution is 5.83. The molecule has 0 aromatic rings. The Morgan fingerprint density at radius 2 is 2.38 bits per heavy atom. The molecule has 1 aliphatic heterocycles. The SMILES string of the molecule is CCCC1(C(=O)NCC(C)OC)CCNC1. The topological polar surface area (TPSA) is 50.4 Å². The molecule has 0 aromatic carbocycles. The maximum Gasteiger partial charge on any atom is 0.227 e. The molecule has 1 heterocycles. The van der Waals surface area contributed by atoms with Gasteiger partial charge in [0.1, 0.15) is 0 Å². The van der Waals surface area contributed by atoms with Crippen LogP contribution in [0.1, 0.15) is 33.1 Å². The van der Waals surface area contributed by atoms with Crippen LogP contribution in [0.25, 0.3) is 0 Å². The molecule has 1 amide bonds. The summed E-state index contributed by atoms with van der Waals surface area (Å²) >= 11 is 0. The number of ether oxygens (including phenoxy) is 1. The zero-order valence-corrected chi connectivity index (χ0v) is 10.6. The lowest BCUT2D eigenvalue weighted by Gasteiger charge is -2.27. The lowest BCUT2D eigenvalue weighted by atomic mass is 9.81. The van der Waals surface area contributed by atoms with Gasteiger partial charge < -0.3 is 15.4 Å². The van der Waals surface area contributed by atoms with Gasteiger partial charge in [-0.15, -0.1) is 0 Å². The van der Waals surface area contributed by atoms with E-state index in [2.05, 4.69) is 17.6 Å². The van der Waals surface area contributed by atoms with Gasteiger partial charge in [-0.25, -0.2) is 0 Å². The molecule has 0 aliphatic carbocycles. The lowest BCUT2D eigenvalue weighted by molar-refractivity contribution is -0.131. The molecular formula is C12H24N2O2. The van der Waals surface area contributed by atoms with E-state index in [1.54, 1.807) is 7.11 Å². The van der Waals surface area contributed by atoms with Crippen molar-refractivity contribution in [2.24, 2.45) is 5.41 Å². The summed E-state index contributed by atoms with van der Waals surface area (Å²) in [7, 11) is 1.66. The summed E-state index contributed by atoms with van der Waals surface area (Å²) in [6.45, 7) is 6.45. The average molecular weight is 228 g/mol. The van der Waals surface area contributed by atoms with Crippen LogP contribution in [0.4, 0.5) is 0 Å². The van der Waals surface area contributed by atoms with Crippen molar-refractivity contribution in [1.29, 1.82) is 0 Å². The fraction of sp³-hybridized carbons (Fsp3) is 0.917. The van der Waals surface area contributed by atoms with Crippen molar-refractivity contribution in [2.75, 3.05) is 26.7 Å². The van der Waals surface area contributed by atoms with Crippen molar-refractivity contribution in [3.05, 3.63) is 0 Å². The molecule has 4 heteroatoms. The molecule has 2 unspecified atom stereocenters. The number of hydrogen-bond acceptors (Lipinski definition) is 3. The van der Waals surface area contributed by atoms with Crippen molar-refractivity contribution in [3.63, 3.8) is 0 Å². The molecule has 1 rings (SSSR count). The van der Waals surface area contributed by atoms with Crippen LogP contribution < -0.4 is 10.6 Å². The highest BCUT2D eigenvalue weighted by Crippen LogP contribution is 2.31. The van der Waals surface area contributed by atoms with Crippen LogP contribution in [0.3, 0.4) is 0 Å². The third-order valence-corrected chi connectivity index (χ3v) is 3.41. The predicted molar refractivity (Wildman–Crippen MR) is 64.3 cm³/mol. The maximum absolute atomic E-state index is 12.2. The third kappa shape index (κ3) is 3.19. The third-order valence-electron chi connectivity index (χ3n) is 3.41. The molecule has 0 spiro atoms. The van der Waals surface area contributed by atoms with E-state index in [0.717, 1.165) is 32.4 Å². The number of carbonyl (C=O) groups is 1. The van der Waals surface area contributed by atoms with E-state index in [1.807, 2.05) is 6.92 Å². The average Bonchev–Trinajstić information content (AvgIpc) is 2.75. The van der Waals surface area contributed by atoms with Gasteiger partial charge in [0, 0.05) is 20.2 Å². The Balaban J connectivity index is 2.48. The predicted octanol–water partition coefficient (Wildman–Crippen LogP) is 0.917. The molecule has 0 aromatic heterocycles. The summed E-state index contributed by atoms with van der Waals surface area (Å²) in [5, 5.41) is 6.29. The van der Waals surface area contributed by atoms with Crippen molar-refractivity contribution >= 4 is 5.91 Å². The van der Waals surface area contributed by atoms with E-state index in [4.69, 9.17) is 4.74 Å². The van der Waals surface area contributed by atoms with Gasteiger partial charge in [0.25, 0.3) is 0 Å². The van der Waals surface area contributed by atoms with Crippen molar-refractivity contribution in [3.8, 4) is 0 Å². The Morgan fingerprint density at radius 1 is 1.62 bits per heavy atom. The van der Waals surface area contributed by atoms with Crippen molar-refractivity contribution in [1.82, 2.24) is 10.6 Å². The van der Waals surface area contributed by atoms with E-state index in [1.165, 1.54) is 0 Å². The van der Waals surface area contributed by atoms with Crippen LogP contribution in [-0.2, 0) is 9.53 Å². The second kappa shape index (κ2) is 6.21. The molecule has 16 heavy (non-hydrogen) atoms. The van der Waals surface area contributed by atoms with Gasteiger partial charge in [0.05, 0.1) is 11.5 Å². The Bertz CT molecular complexity index is 225. The van der Waals surface area contributed by atoms with E-state index in [0.29, 0.717) is 6.54 Å². The lowest BCUT2D eigenvalue weighted by Crippen LogP contribution is -2.44. The van der Waals surface area contributed by atoms with Gasteiger partial charge in [0.2, 0.25) is 5.91 Å². The van der Waals surface area contributed by atoms with Crippen LogP contribution in [0.15, 0.2) is 0 Å². The highest BCUT2D eigenvalue weighted by Gasteiger charge is 2.39. The Labute approximate surface area is 98.1 Å². The molecule has 1 saturated heterocycles. The highest BCUT2D eigenvalue weighted by atomic mass is 16.5. The normalized spacial score (nSPS) is 26.7. The van der Waals surface area contributed by atoms with E-state index < -0.39 is 0 Å². The largest absolute Gasteiger partial charge is 0.380 e. The van der Waals surface area contributed by atoms with Crippen molar-refractivity contribution in [2.45, 2.75) is 39.2 Å². The van der Waals surface area contributed by atoms with Gasteiger partial charge in [-0.3, -0.25) is 4.79 Å². The van der Waals surface area contributed by atoms with Gasteiger partial charge >= 0.3 is 0 Å². The first kappa shape index (κ1) is 13.5. The van der Waals surface area contributed by atoms with Gasteiger partial charge in [-0.05, 0) is 26.3 Å². The minimum atomic E-state index is -0.178. The second-order valence-electron chi connectivity index (χ2n) is 4.71. The molecule has 0 bridgehead atoms. The van der Waals surface area contributed by atoms with Crippen LogP contribution >= 0.6 is 0 Å². The van der Waals surface area contributed by atoms with Crippen LogP contribution in [0, 0.1) is 5.41 Å². The summed E-state index contributed by atoms with van der Waals surface area (Å²) in [5.41, 5.74) is -0.178. The second-order valence-corrected chi connectivity index (χ2v) is 4.71. The zero-order chi connectivity index (χ0) is 12.0. The summed E-state index contributed by atoms with van der Waals surface area (Å²) in [6.07, 6.45) is 3.05. The molecule has 1 fully saturated rings. The van der Waals surface area contributed by atoms with Gasteiger partial charge in [-0.1, -0.05) is 13.3 Å². The molecule has 4 nitrogen and oxygen atoms in total. The number of methoxy groups -OCH3 is 1. The fourth-order valence-electron chi connectivity index (χ4n) is 2.25. The number of nitrogens with one attached hydrogen (secondary N) is 2. The Kier molecular flexibility index (Phi) is 5.22. The van der Waals surface area contributed by atoms with Crippen LogP contribution in [0.2, 0.25) is 0 Å². The first-order chi connectivity index (χ1) is 7.64. The molecule has 0 saturated carbocycles. The summed E-state index contributed by atoms with van der Waals surface area (Å²) in [6, 6.07) is 0. The Morgan fingerprint density at radius 3 is 2.88 bits per heavy atom. The molecule has 94 valence electrons. The minimum absolute atomic E-state index is 0.0805. The molecule has 2 N–H and O–H groups in total. The quantitative estimate of drug-likeness (QED) is 0.710. The summed E-state index contributed by atoms with van der Waals surface area (Å²) < 4.78 is 5.13. The summed E-state index contributed by atoms with van der Waals surface area (Å²) in [5.74, 6) is 0.184. The molecular weight excluding hydrogens is 204 g/mol. The molecule has 0 radical (unpaired) electrons. The smallest absolute Gasteiger partial charge is 0.227 e. The van der Waals surface area contributed by atoms with Gasteiger partial charge in [0.15, 0.2) is 0 Å².